The monoisotopic (exact) mass is 335 g/mol. The van der Waals surface area contributed by atoms with Gasteiger partial charge >= 0.3 is 11.9 Å². The molecule has 0 atom stereocenters. The number of hydrogen-bond acceptors (Lipinski definition) is 5. The van der Waals surface area contributed by atoms with Gasteiger partial charge in [0.05, 0.1) is 25.3 Å². The van der Waals surface area contributed by atoms with Crippen LogP contribution in [0.25, 0.3) is 0 Å². The van der Waals surface area contributed by atoms with Crippen LogP contribution >= 0.6 is 0 Å². The Kier molecular flexibility index (Phi) is 8.54. The van der Waals surface area contributed by atoms with E-state index in [0.29, 0.717) is 12.1 Å². The summed E-state index contributed by atoms with van der Waals surface area (Å²) in [4.78, 5) is 35.4. The van der Waals surface area contributed by atoms with Crippen molar-refractivity contribution in [2.75, 3.05) is 19.5 Å². The summed E-state index contributed by atoms with van der Waals surface area (Å²) < 4.78 is 9.33. The van der Waals surface area contributed by atoms with Crippen molar-refractivity contribution in [1.82, 2.24) is 0 Å². The molecule has 0 saturated heterocycles. The molecule has 0 aliphatic heterocycles. The summed E-state index contributed by atoms with van der Waals surface area (Å²) in [5.74, 6) is -1.32. The van der Waals surface area contributed by atoms with Crippen LogP contribution in [0.3, 0.4) is 0 Å². The van der Waals surface area contributed by atoms with E-state index >= 15 is 0 Å². The fraction of sp³-hybridized carbons (Fsp3) is 0.500. The molecule has 0 saturated carbocycles. The van der Waals surface area contributed by atoms with Crippen LogP contribution < -0.4 is 5.32 Å². The van der Waals surface area contributed by atoms with E-state index in [2.05, 4.69) is 21.7 Å². The molecule has 6 nitrogen and oxygen atoms in total. The number of anilines is 1. The Morgan fingerprint density at radius 3 is 1.92 bits per heavy atom. The lowest BCUT2D eigenvalue weighted by molar-refractivity contribution is -0.116. The number of methoxy groups -OCH3 is 2. The summed E-state index contributed by atoms with van der Waals surface area (Å²) in [7, 11) is 2.50. The number of nitrogens with one attached hydrogen (secondary N) is 1. The Bertz CT molecular complexity index is 549. The number of benzene rings is 1. The third kappa shape index (κ3) is 6.40. The Labute approximate surface area is 142 Å². The van der Waals surface area contributed by atoms with E-state index in [1.807, 2.05) is 0 Å². The molecule has 0 fully saturated rings. The summed E-state index contributed by atoms with van der Waals surface area (Å²) in [6.45, 7) is 2.14. The normalized spacial score (nSPS) is 10.1. The first-order valence-corrected chi connectivity index (χ1v) is 8.13. The van der Waals surface area contributed by atoms with E-state index in [9.17, 15) is 14.4 Å². The molecule has 0 unspecified atom stereocenters. The van der Waals surface area contributed by atoms with Crippen LogP contribution in [0.5, 0.6) is 0 Å². The maximum atomic E-state index is 12.0. The number of carbonyl (C=O) groups excluding carboxylic acids is 3. The van der Waals surface area contributed by atoms with E-state index in [1.54, 1.807) is 0 Å². The summed E-state index contributed by atoms with van der Waals surface area (Å²) >= 11 is 0. The van der Waals surface area contributed by atoms with Crippen molar-refractivity contribution in [2.45, 2.75) is 45.4 Å². The van der Waals surface area contributed by atoms with Crippen LogP contribution in [-0.2, 0) is 14.3 Å². The van der Waals surface area contributed by atoms with Gasteiger partial charge in [-0.2, -0.15) is 0 Å². The lowest BCUT2D eigenvalue weighted by Crippen LogP contribution is -2.13. The maximum Gasteiger partial charge on any atom is 0.337 e. The highest BCUT2D eigenvalue weighted by Crippen LogP contribution is 2.18. The predicted octanol–water partition coefficient (Wildman–Crippen LogP) is 3.56. The molecule has 1 aromatic rings. The molecular weight excluding hydrogens is 310 g/mol. The highest BCUT2D eigenvalue weighted by molar-refractivity contribution is 5.99. The van der Waals surface area contributed by atoms with Crippen LogP contribution in [0.1, 0.15) is 66.2 Å². The molecule has 0 radical (unpaired) electrons. The van der Waals surface area contributed by atoms with Gasteiger partial charge in [0.25, 0.3) is 0 Å². The van der Waals surface area contributed by atoms with Gasteiger partial charge in [0.2, 0.25) is 5.91 Å². The number of hydrogen-bond donors (Lipinski definition) is 1. The molecule has 24 heavy (non-hydrogen) atoms. The van der Waals surface area contributed by atoms with Gasteiger partial charge in [-0.15, -0.1) is 0 Å². The average Bonchev–Trinajstić information content (AvgIpc) is 2.59. The standard InChI is InChI=1S/C18H25NO5/c1-4-5-6-7-8-9-16(20)19-15-11-13(17(21)23-2)10-14(12-15)18(22)24-3/h10-12H,4-9H2,1-3H3,(H,19,20). The van der Waals surface area contributed by atoms with Crippen molar-refractivity contribution < 1.29 is 23.9 Å². The zero-order valence-corrected chi connectivity index (χ0v) is 14.5. The molecule has 1 amide bonds. The van der Waals surface area contributed by atoms with Crippen molar-refractivity contribution >= 4 is 23.5 Å². The number of rotatable bonds is 9. The van der Waals surface area contributed by atoms with Gasteiger partial charge in [-0.3, -0.25) is 4.79 Å². The number of esters is 2. The topological polar surface area (TPSA) is 81.7 Å². The molecule has 1 aromatic carbocycles. The average molecular weight is 335 g/mol. The molecule has 6 heteroatoms. The first kappa shape index (κ1) is 19.7. The molecule has 0 aromatic heterocycles. The largest absolute Gasteiger partial charge is 0.465 e. The second-order valence-electron chi connectivity index (χ2n) is 5.49. The van der Waals surface area contributed by atoms with E-state index in [1.165, 1.54) is 38.8 Å². The second-order valence-corrected chi connectivity index (χ2v) is 5.49. The lowest BCUT2D eigenvalue weighted by atomic mass is 10.1. The van der Waals surface area contributed by atoms with Gasteiger partial charge in [-0.05, 0) is 24.6 Å². The second kappa shape index (κ2) is 10.4. The third-order valence-corrected chi connectivity index (χ3v) is 3.57. The number of amides is 1. The van der Waals surface area contributed by atoms with E-state index in [4.69, 9.17) is 0 Å². The molecule has 0 aliphatic carbocycles. The van der Waals surface area contributed by atoms with Gasteiger partial charge in [-0.1, -0.05) is 32.6 Å². The minimum Gasteiger partial charge on any atom is -0.465 e. The zero-order valence-electron chi connectivity index (χ0n) is 14.5. The number of carbonyl (C=O) groups is 3. The van der Waals surface area contributed by atoms with Crippen LogP contribution in [-0.4, -0.2) is 32.1 Å². The Balaban J connectivity index is 2.76. The summed E-state index contributed by atoms with van der Waals surface area (Å²) in [6.07, 6.45) is 5.67. The predicted molar refractivity (Wildman–Crippen MR) is 91.1 cm³/mol. The van der Waals surface area contributed by atoms with E-state index < -0.39 is 11.9 Å². The molecule has 1 N–H and O–H groups in total. The summed E-state index contributed by atoms with van der Waals surface area (Å²) in [6, 6.07) is 4.33. The molecule has 0 aliphatic rings. The summed E-state index contributed by atoms with van der Waals surface area (Å²) in [5, 5.41) is 2.72. The van der Waals surface area contributed by atoms with Gasteiger partial charge in [0.1, 0.15) is 0 Å². The first-order chi connectivity index (χ1) is 11.5. The molecule has 1 rings (SSSR count). The number of ether oxygens (including phenoxy) is 2. The fourth-order valence-corrected chi connectivity index (χ4v) is 2.28. The summed E-state index contributed by atoms with van der Waals surface area (Å²) in [5.41, 5.74) is 0.731. The highest BCUT2D eigenvalue weighted by Gasteiger charge is 2.14. The maximum absolute atomic E-state index is 12.0. The lowest BCUT2D eigenvalue weighted by Gasteiger charge is -2.09. The van der Waals surface area contributed by atoms with Gasteiger partial charge in [-0.25, -0.2) is 9.59 Å². The van der Waals surface area contributed by atoms with Crippen LogP contribution in [0.15, 0.2) is 18.2 Å². The fourth-order valence-electron chi connectivity index (χ4n) is 2.28. The van der Waals surface area contributed by atoms with Crippen LogP contribution in [0, 0.1) is 0 Å². The Hall–Kier alpha value is -2.37. The minimum atomic E-state index is -0.587. The zero-order chi connectivity index (χ0) is 17.9. The van der Waals surface area contributed by atoms with Crippen molar-refractivity contribution in [1.29, 1.82) is 0 Å². The smallest absolute Gasteiger partial charge is 0.337 e. The van der Waals surface area contributed by atoms with Crippen LogP contribution in [0.4, 0.5) is 5.69 Å². The van der Waals surface area contributed by atoms with E-state index in [-0.39, 0.29) is 17.0 Å². The first-order valence-electron chi connectivity index (χ1n) is 8.13. The molecule has 0 heterocycles. The van der Waals surface area contributed by atoms with Crippen molar-refractivity contribution in [2.24, 2.45) is 0 Å². The SMILES string of the molecule is CCCCCCCC(=O)Nc1cc(C(=O)OC)cc(C(=O)OC)c1. The minimum absolute atomic E-state index is 0.149. The number of unbranched alkanes of at least 4 members (excludes halogenated alkanes) is 4. The quantitative estimate of drug-likeness (QED) is 0.551. The van der Waals surface area contributed by atoms with E-state index in [0.717, 1.165) is 25.7 Å². The van der Waals surface area contributed by atoms with Gasteiger partial charge in [0.15, 0.2) is 0 Å². The Morgan fingerprint density at radius 1 is 0.875 bits per heavy atom. The molecule has 132 valence electrons. The third-order valence-electron chi connectivity index (χ3n) is 3.57. The Morgan fingerprint density at radius 2 is 1.42 bits per heavy atom. The molecular formula is C18H25NO5. The van der Waals surface area contributed by atoms with Crippen molar-refractivity contribution in [3.8, 4) is 0 Å². The van der Waals surface area contributed by atoms with Crippen LogP contribution in [0.2, 0.25) is 0 Å². The highest BCUT2D eigenvalue weighted by atomic mass is 16.5. The van der Waals surface area contributed by atoms with Gasteiger partial charge < -0.3 is 14.8 Å². The van der Waals surface area contributed by atoms with Gasteiger partial charge in [0, 0.05) is 12.1 Å². The molecule has 0 bridgehead atoms. The van der Waals surface area contributed by atoms with Crippen molar-refractivity contribution in [3.05, 3.63) is 29.3 Å². The van der Waals surface area contributed by atoms with Crippen molar-refractivity contribution in [3.63, 3.8) is 0 Å². The molecule has 0 spiro atoms.